The molecule has 1 aromatic carbocycles. The lowest BCUT2D eigenvalue weighted by Crippen LogP contribution is -2.32. The summed E-state index contributed by atoms with van der Waals surface area (Å²) in [6.07, 6.45) is 4.68. The molecule has 0 bridgehead atoms. The molecule has 0 saturated heterocycles. The summed E-state index contributed by atoms with van der Waals surface area (Å²) in [6, 6.07) is 3.25. The Bertz CT molecular complexity index is 1170. The molecule has 0 aliphatic carbocycles. The number of carbonyl (C=O) groups is 1. The molecule has 4 rings (SSSR count). The summed E-state index contributed by atoms with van der Waals surface area (Å²) in [5, 5.41) is 14.7. The van der Waals surface area contributed by atoms with E-state index in [9.17, 15) is 13.6 Å². The molecular formula is C22H24F2N8O. The van der Waals surface area contributed by atoms with Crippen LogP contribution < -0.4 is 10.2 Å². The number of nitrogens with zero attached hydrogens (tertiary/aromatic N) is 7. The largest absolute Gasteiger partial charge is 0.333 e. The Hall–Kier alpha value is -3.76. The number of rotatable bonds is 6. The zero-order valence-corrected chi connectivity index (χ0v) is 18.6. The maximum absolute atomic E-state index is 13.9. The summed E-state index contributed by atoms with van der Waals surface area (Å²) in [5.41, 5.74) is 2.30. The topological polar surface area (TPSA) is 102 Å². The maximum atomic E-state index is 13.9. The molecule has 0 fully saturated rings. The fraction of sp³-hybridized carbons (Fsp3) is 0.364. The summed E-state index contributed by atoms with van der Waals surface area (Å²) in [7, 11) is 1.72. The van der Waals surface area contributed by atoms with E-state index in [-0.39, 0.29) is 5.82 Å². The molecule has 1 N–H and O–H groups in total. The third-order valence-corrected chi connectivity index (χ3v) is 5.29. The van der Waals surface area contributed by atoms with Gasteiger partial charge in [0.25, 0.3) is 11.9 Å². The van der Waals surface area contributed by atoms with Gasteiger partial charge in [-0.05, 0) is 41.7 Å². The molecule has 1 aliphatic heterocycles. The van der Waals surface area contributed by atoms with Gasteiger partial charge in [0, 0.05) is 13.1 Å². The lowest BCUT2D eigenvalue weighted by molar-refractivity contribution is 0.101. The highest BCUT2D eigenvalue weighted by Gasteiger charge is 2.25. The number of aryl methyl sites for hydroxylation is 1. The standard InChI is InChI=1S/C22H24F2N8O/c1-13(2)9-14-7-8-32(22-28-30-31(3)29-22)12-15(14)18-10-26-19(11-25-18)27-21(33)20-16(23)5-4-6-17(20)24/h4-6,10-11,13H,7-9,12H2,1-3H3,(H,26,27,33). The first-order valence-corrected chi connectivity index (χ1v) is 10.6. The fourth-order valence-electron chi connectivity index (χ4n) is 3.80. The molecule has 0 unspecified atom stereocenters. The van der Waals surface area contributed by atoms with Gasteiger partial charge in [-0.15, -0.1) is 5.10 Å². The van der Waals surface area contributed by atoms with Gasteiger partial charge in [-0.2, -0.15) is 4.80 Å². The van der Waals surface area contributed by atoms with Crippen LogP contribution in [0.15, 0.2) is 36.2 Å². The number of hydrogen-bond acceptors (Lipinski definition) is 7. The summed E-state index contributed by atoms with van der Waals surface area (Å²) in [6.45, 7) is 5.64. The van der Waals surface area contributed by atoms with E-state index in [0.717, 1.165) is 37.1 Å². The van der Waals surface area contributed by atoms with Crippen LogP contribution in [0, 0.1) is 17.6 Å². The molecule has 172 valence electrons. The van der Waals surface area contributed by atoms with E-state index in [2.05, 4.69) is 44.5 Å². The van der Waals surface area contributed by atoms with Crippen LogP contribution in [-0.4, -0.2) is 49.2 Å². The molecule has 1 aliphatic rings. The molecule has 3 heterocycles. The SMILES string of the molecule is CC(C)CC1=C(c2cnc(NC(=O)c3c(F)cccc3F)cn2)CN(c2nnn(C)n2)CC1. The highest BCUT2D eigenvalue weighted by molar-refractivity contribution is 6.04. The zero-order valence-electron chi connectivity index (χ0n) is 18.6. The van der Waals surface area contributed by atoms with Crippen molar-refractivity contribution in [2.24, 2.45) is 13.0 Å². The number of nitrogens with one attached hydrogen (secondary N) is 1. The summed E-state index contributed by atoms with van der Waals surface area (Å²) in [4.78, 5) is 24.5. The number of benzene rings is 1. The van der Waals surface area contributed by atoms with Crippen molar-refractivity contribution in [1.29, 1.82) is 0 Å². The van der Waals surface area contributed by atoms with E-state index < -0.39 is 23.1 Å². The Morgan fingerprint density at radius 1 is 1.18 bits per heavy atom. The van der Waals surface area contributed by atoms with Gasteiger partial charge < -0.3 is 10.2 Å². The van der Waals surface area contributed by atoms with Gasteiger partial charge in [0.05, 0.1) is 25.1 Å². The van der Waals surface area contributed by atoms with Crippen LogP contribution in [-0.2, 0) is 7.05 Å². The Kier molecular flexibility index (Phi) is 6.38. The highest BCUT2D eigenvalue weighted by atomic mass is 19.1. The number of carbonyl (C=O) groups excluding carboxylic acids is 1. The van der Waals surface area contributed by atoms with Crippen LogP contribution in [0.5, 0.6) is 0 Å². The van der Waals surface area contributed by atoms with Gasteiger partial charge in [0.1, 0.15) is 17.2 Å². The van der Waals surface area contributed by atoms with Crippen molar-refractivity contribution in [3.8, 4) is 0 Å². The normalized spacial score (nSPS) is 14.2. The van der Waals surface area contributed by atoms with Crippen molar-refractivity contribution in [2.75, 3.05) is 23.3 Å². The Balaban J connectivity index is 1.57. The average Bonchev–Trinajstić information content (AvgIpc) is 3.20. The molecule has 3 aromatic rings. The van der Waals surface area contributed by atoms with Gasteiger partial charge in [-0.3, -0.25) is 9.78 Å². The second-order valence-electron chi connectivity index (χ2n) is 8.27. The van der Waals surface area contributed by atoms with Crippen molar-refractivity contribution >= 4 is 23.2 Å². The second-order valence-corrected chi connectivity index (χ2v) is 8.27. The number of amides is 1. The van der Waals surface area contributed by atoms with E-state index in [0.29, 0.717) is 24.1 Å². The molecule has 9 nitrogen and oxygen atoms in total. The van der Waals surface area contributed by atoms with Crippen LogP contribution >= 0.6 is 0 Å². The van der Waals surface area contributed by atoms with Gasteiger partial charge in [0.2, 0.25) is 0 Å². The maximum Gasteiger partial charge on any atom is 0.266 e. The molecule has 11 heteroatoms. The fourth-order valence-corrected chi connectivity index (χ4v) is 3.80. The minimum Gasteiger partial charge on any atom is -0.333 e. The lowest BCUT2D eigenvalue weighted by Gasteiger charge is -2.30. The summed E-state index contributed by atoms with van der Waals surface area (Å²) >= 11 is 0. The Morgan fingerprint density at radius 2 is 1.94 bits per heavy atom. The average molecular weight is 454 g/mol. The van der Waals surface area contributed by atoms with Gasteiger partial charge in [-0.1, -0.05) is 30.6 Å². The third kappa shape index (κ3) is 5.02. The molecule has 0 atom stereocenters. The van der Waals surface area contributed by atoms with Crippen LogP contribution in [0.3, 0.4) is 0 Å². The van der Waals surface area contributed by atoms with Gasteiger partial charge in [0.15, 0.2) is 5.82 Å². The van der Waals surface area contributed by atoms with Crippen molar-refractivity contribution in [3.63, 3.8) is 0 Å². The summed E-state index contributed by atoms with van der Waals surface area (Å²) in [5.74, 6) is -1.70. The Morgan fingerprint density at radius 3 is 2.55 bits per heavy atom. The number of anilines is 2. The Labute approximate surface area is 189 Å². The first-order chi connectivity index (χ1) is 15.8. The van der Waals surface area contributed by atoms with E-state index in [1.165, 1.54) is 22.6 Å². The predicted molar refractivity (Wildman–Crippen MR) is 118 cm³/mol. The van der Waals surface area contributed by atoms with Gasteiger partial charge >= 0.3 is 0 Å². The molecule has 0 spiro atoms. The van der Waals surface area contributed by atoms with Crippen molar-refractivity contribution in [3.05, 3.63) is 59.1 Å². The lowest BCUT2D eigenvalue weighted by atomic mass is 9.91. The number of aromatic nitrogens is 6. The predicted octanol–water partition coefficient (Wildman–Crippen LogP) is 3.24. The van der Waals surface area contributed by atoms with Crippen LogP contribution in [0.1, 0.15) is 42.7 Å². The molecule has 0 radical (unpaired) electrons. The number of hydrogen-bond donors (Lipinski definition) is 1. The highest BCUT2D eigenvalue weighted by Crippen LogP contribution is 2.31. The molecule has 0 saturated carbocycles. The van der Waals surface area contributed by atoms with Crippen molar-refractivity contribution in [2.45, 2.75) is 26.7 Å². The molecule has 1 amide bonds. The van der Waals surface area contributed by atoms with Crippen molar-refractivity contribution < 1.29 is 13.6 Å². The summed E-state index contributed by atoms with van der Waals surface area (Å²) < 4.78 is 27.7. The first-order valence-electron chi connectivity index (χ1n) is 10.6. The number of tetrazole rings is 1. The first kappa shape index (κ1) is 22.4. The number of halogens is 2. The van der Waals surface area contributed by atoms with Crippen LogP contribution in [0.4, 0.5) is 20.5 Å². The molecule has 2 aromatic heterocycles. The minimum absolute atomic E-state index is 0.0978. The van der Waals surface area contributed by atoms with E-state index >= 15 is 0 Å². The third-order valence-electron chi connectivity index (χ3n) is 5.29. The van der Waals surface area contributed by atoms with Crippen molar-refractivity contribution in [1.82, 2.24) is 30.2 Å². The quantitative estimate of drug-likeness (QED) is 0.610. The zero-order chi connectivity index (χ0) is 23.5. The molecule has 33 heavy (non-hydrogen) atoms. The second kappa shape index (κ2) is 9.39. The monoisotopic (exact) mass is 454 g/mol. The minimum atomic E-state index is -0.944. The van der Waals surface area contributed by atoms with Crippen LogP contribution in [0.2, 0.25) is 0 Å². The smallest absolute Gasteiger partial charge is 0.266 e. The van der Waals surface area contributed by atoms with E-state index in [1.807, 2.05) is 4.90 Å². The molecular weight excluding hydrogens is 430 g/mol. The van der Waals surface area contributed by atoms with E-state index in [4.69, 9.17) is 0 Å². The van der Waals surface area contributed by atoms with E-state index in [1.54, 1.807) is 13.2 Å². The van der Waals surface area contributed by atoms with Crippen LogP contribution in [0.25, 0.3) is 5.57 Å². The van der Waals surface area contributed by atoms with Gasteiger partial charge in [-0.25, -0.2) is 13.8 Å².